The molecule has 1 aliphatic rings. The van der Waals surface area contributed by atoms with Gasteiger partial charge in [0.1, 0.15) is 0 Å². The molecule has 0 fully saturated rings. The van der Waals surface area contributed by atoms with Crippen molar-refractivity contribution in [3.63, 3.8) is 0 Å². The second-order valence-corrected chi connectivity index (χ2v) is 6.79. The summed E-state index contributed by atoms with van der Waals surface area (Å²) in [4.78, 5) is 0. The minimum Gasteiger partial charge on any atom is -0.324 e. The zero-order valence-corrected chi connectivity index (χ0v) is 13.5. The highest BCUT2D eigenvalue weighted by atomic mass is 79.9. The van der Waals surface area contributed by atoms with E-state index in [0.717, 1.165) is 28.8 Å². The Balaban J connectivity index is 1.83. The van der Waals surface area contributed by atoms with Gasteiger partial charge in [-0.2, -0.15) is 0 Å². The van der Waals surface area contributed by atoms with E-state index in [9.17, 15) is 0 Å². The van der Waals surface area contributed by atoms with E-state index < -0.39 is 0 Å². The number of fused-ring (bicyclic) bond motifs is 1. The van der Waals surface area contributed by atoms with Crippen LogP contribution in [0, 0.1) is 5.92 Å². The molecular weight excluding hydrogens is 334 g/mol. The molecule has 2 aromatic carbocycles. The van der Waals surface area contributed by atoms with Gasteiger partial charge >= 0.3 is 0 Å². The van der Waals surface area contributed by atoms with Crippen LogP contribution < -0.4 is 5.73 Å². The lowest BCUT2D eigenvalue weighted by Gasteiger charge is -2.31. The summed E-state index contributed by atoms with van der Waals surface area (Å²) in [6, 6.07) is 14.7. The first-order chi connectivity index (χ1) is 9.65. The van der Waals surface area contributed by atoms with Crippen LogP contribution in [-0.4, -0.2) is 0 Å². The van der Waals surface area contributed by atoms with E-state index in [1.807, 2.05) is 12.1 Å². The number of nitrogens with two attached hydrogens (primary N) is 1. The summed E-state index contributed by atoms with van der Waals surface area (Å²) in [7, 11) is 0. The molecule has 0 aromatic heterocycles. The van der Waals surface area contributed by atoms with Gasteiger partial charge in [0, 0.05) is 15.5 Å². The number of hydrogen-bond acceptors (Lipinski definition) is 1. The van der Waals surface area contributed by atoms with Crippen LogP contribution in [0.4, 0.5) is 0 Å². The number of rotatable bonds is 2. The van der Waals surface area contributed by atoms with Crippen LogP contribution in [0.3, 0.4) is 0 Å². The smallest absolute Gasteiger partial charge is 0.0449 e. The number of benzene rings is 2. The zero-order chi connectivity index (χ0) is 14.1. The molecule has 0 spiro atoms. The van der Waals surface area contributed by atoms with Gasteiger partial charge in [0.15, 0.2) is 0 Å². The average molecular weight is 351 g/mol. The van der Waals surface area contributed by atoms with Crippen LogP contribution in [0.25, 0.3) is 0 Å². The predicted molar refractivity (Wildman–Crippen MR) is 88.0 cm³/mol. The van der Waals surface area contributed by atoms with Crippen molar-refractivity contribution in [2.75, 3.05) is 0 Å². The molecular formula is C17H17BrClN. The topological polar surface area (TPSA) is 26.0 Å². The summed E-state index contributed by atoms with van der Waals surface area (Å²) in [5.74, 6) is 0.462. The van der Waals surface area contributed by atoms with E-state index >= 15 is 0 Å². The van der Waals surface area contributed by atoms with Gasteiger partial charge in [-0.15, -0.1) is 0 Å². The molecule has 3 heteroatoms. The van der Waals surface area contributed by atoms with Crippen molar-refractivity contribution in [2.24, 2.45) is 11.7 Å². The third kappa shape index (κ3) is 2.78. The van der Waals surface area contributed by atoms with Crippen molar-refractivity contribution in [3.05, 3.63) is 68.7 Å². The van der Waals surface area contributed by atoms with E-state index in [2.05, 4.69) is 46.3 Å². The standard InChI is InChI=1S/C17H17BrClN/c18-14-8-7-12(16(19)10-14)9-13-6-5-11-3-1-2-4-15(11)17(13)20/h1-4,7-8,10,13,17H,5-6,9,20H2. The summed E-state index contributed by atoms with van der Waals surface area (Å²) in [5, 5.41) is 0.824. The molecule has 104 valence electrons. The fourth-order valence-electron chi connectivity index (χ4n) is 3.06. The van der Waals surface area contributed by atoms with Gasteiger partial charge in [-0.05, 0) is 54.0 Å². The fourth-order valence-corrected chi connectivity index (χ4v) is 3.81. The minimum absolute atomic E-state index is 0.111. The molecule has 0 amide bonds. The Morgan fingerprint density at radius 3 is 2.80 bits per heavy atom. The van der Waals surface area contributed by atoms with Crippen molar-refractivity contribution in [3.8, 4) is 0 Å². The third-order valence-corrected chi connectivity index (χ3v) is 5.05. The van der Waals surface area contributed by atoms with Crippen molar-refractivity contribution < 1.29 is 0 Å². The summed E-state index contributed by atoms with van der Waals surface area (Å²) in [6.45, 7) is 0. The minimum atomic E-state index is 0.111. The summed E-state index contributed by atoms with van der Waals surface area (Å²) in [5.41, 5.74) is 10.4. The molecule has 20 heavy (non-hydrogen) atoms. The molecule has 2 aromatic rings. The quantitative estimate of drug-likeness (QED) is 0.818. The summed E-state index contributed by atoms with van der Waals surface area (Å²) < 4.78 is 1.02. The van der Waals surface area contributed by atoms with Gasteiger partial charge in [-0.3, -0.25) is 0 Å². The Bertz CT molecular complexity index is 626. The lowest BCUT2D eigenvalue weighted by atomic mass is 9.77. The highest BCUT2D eigenvalue weighted by Gasteiger charge is 2.26. The maximum Gasteiger partial charge on any atom is 0.0449 e. The highest BCUT2D eigenvalue weighted by molar-refractivity contribution is 9.10. The van der Waals surface area contributed by atoms with Crippen molar-refractivity contribution in [2.45, 2.75) is 25.3 Å². The van der Waals surface area contributed by atoms with Gasteiger partial charge < -0.3 is 5.73 Å². The zero-order valence-electron chi connectivity index (χ0n) is 11.2. The van der Waals surface area contributed by atoms with Crippen LogP contribution in [-0.2, 0) is 12.8 Å². The molecule has 0 aliphatic heterocycles. The molecule has 1 aliphatic carbocycles. The maximum atomic E-state index is 6.47. The maximum absolute atomic E-state index is 6.47. The molecule has 0 radical (unpaired) electrons. The Morgan fingerprint density at radius 1 is 1.20 bits per heavy atom. The molecule has 0 saturated carbocycles. The Labute approximate surface area is 133 Å². The van der Waals surface area contributed by atoms with Crippen LogP contribution in [0.5, 0.6) is 0 Å². The largest absolute Gasteiger partial charge is 0.324 e. The van der Waals surface area contributed by atoms with Crippen LogP contribution in [0.2, 0.25) is 5.02 Å². The molecule has 3 rings (SSSR count). The van der Waals surface area contributed by atoms with E-state index in [1.165, 1.54) is 16.7 Å². The molecule has 2 unspecified atom stereocenters. The van der Waals surface area contributed by atoms with E-state index in [-0.39, 0.29) is 6.04 Å². The Hall–Kier alpha value is -0.830. The van der Waals surface area contributed by atoms with Crippen LogP contribution in [0.15, 0.2) is 46.9 Å². The molecule has 0 heterocycles. The molecule has 2 atom stereocenters. The van der Waals surface area contributed by atoms with Gasteiger partial charge in [0.2, 0.25) is 0 Å². The lowest BCUT2D eigenvalue weighted by Crippen LogP contribution is -2.28. The fraction of sp³-hybridized carbons (Fsp3) is 0.294. The molecule has 1 nitrogen and oxygen atoms in total. The van der Waals surface area contributed by atoms with Crippen LogP contribution >= 0.6 is 27.5 Å². The number of hydrogen-bond donors (Lipinski definition) is 1. The van der Waals surface area contributed by atoms with Crippen molar-refractivity contribution in [1.29, 1.82) is 0 Å². The monoisotopic (exact) mass is 349 g/mol. The van der Waals surface area contributed by atoms with Crippen molar-refractivity contribution >= 4 is 27.5 Å². The first-order valence-corrected chi connectivity index (χ1v) is 8.09. The summed E-state index contributed by atoms with van der Waals surface area (Å²) in [6.07, 6.45) is 3.19. The number of aryl methyl sites for hydroxylation is 1. The Kier molecular flexibility index (Phi) is 4.16. The van der Waals surface area contributed by atoms with E-state index in [4.69, 9.17) is 17.3 Å². The predicted octanol–water partition coefficient (Wildman–Crippen LogP) is 4.91. The highest BCUT2D eigenvalue weighted by Crippen LogP contribution is 2.36. The first kappa shape index (κ1) is 14.1. The lowest BCUT2D eigenvalue weighted by molar-refractivity contribution is 0.376. The van der Waals surface area contributed by atoms with Gasteiger partial charge in [0.25, 0.3) is 0 Å². The third-order valence-electron chi connectivity index (χ3n) is 4.20. The van der Waals surface area contributed by atoms with Crippen molar-refractivity contribution in [1.82, 2.24) is 0 Å². The molecule has 2 N–H and O–H groups in total. The van der Waals surface area contributed by atoms with Gasteiger partial charge in [0.05, 0.1) is 0 Å². The SMILES string of the molecule is NC1c2ccccc2CCC1Cc1ccc(Br)cc1Cl. The van der Waals surface area contributed by atoms with E-state index in [0.29, 0.717) is 5.92 Å². The second kappa shape index (κ2) is 5.88. The van der Waals surface area contributed by atoms with E-state index in [1.54, 1.807) is 0 Å². The number of halogens is 2. The normalized spacial score (nSPS) is 21.6. The Morgan fingerprint density at radius 2 is 2.00 bits per heavy atom. The second-order valence-electron chi connectivity index (χ2n) is 5.46. The average Bonchev–Trinajstić information content (AvgIpc) is 2.45. The van der Waals surface area contributed by atoms with Gasteiger partial charge in [-0.25, -0.2) is 0 Å². The molecule has 0 saturated heterocycles. The van der Waals surface area contributed by atoms with Gasteiger partial charge in [-0.1, -0.05) is 57.9 Å². The molecule has 0 bridgehead atoms. The first-order valence-electron chi connectivity index (χ1n) is 6.92. The summed E-state index contributed by atoms with van der Waals surface area (Å²) >= 11 is 9.77. The van der Waals surface area contributed by atoms with Crippen LogP contribution in [0.1, 0.15) is 29.2 Å².